The molecular weight excluding hydrogens is 518 g/mol. The first kappa shape index (κ1) is 26.0. The van der Waals surface area contributed by atoms with Gasteiger partial charge in [0, 0.05) is 17.3 Å². The summed E-state index contributed by atoms with van der Waals surface area (Å²) in [6.07, 6.45) is 0.636. The van der Waals surface area contributed by atoms with Crippen molar-refractivity contribution >= 4 is 49.3 Å². The Bertz CT molecular complexity index is 1590. The summed E-state index contributed by atoms with van der Waals surface area (Å²) in [5, 5.41) is 2.06. The second-order valence-corrected chi connectivity index (χ2v) is 10.8. The number of aryl methyl sites for hydroxylation is 1. The lowest BCUT2D eigenvalue weighted by atomic mass is 10.1. The number of nitrogens with two attached hydrogens (primary N) is 1. The third-order valence-corrected chi connectivity index (χ3v) is 8.30. The van der Waals surface area contributed by atoms with Crippen molar-refractivity contribution in [2.45, 2.75) is 39.3 Å². The van der Waals surface area contributed by atoms with Gasteiger partial charge >= 0.3 is 6.09 Å². The van der Waals surface area contributed by atoms with Crippen LogP contribution in [0.5, 0.6) is 5.06 Å². The van der Waals surface area contributed by atoms with Gasteiger partial charge in [0.2, 0.25) is 0 Å². The molecule has 1 atom stereocenters. The zero-order valence-corrected chi connectivity index (χ0v) is 22.9. The number of carbonyl (C=O) groups is 1. The van der Waals surface area contributed by atoms with Crippen LogP contribution in [-0.4, -0.2) is 38.0 Å². The lowest BCUT2D eigenvalue weighted by molar-refractivity contribution is 0.126. The minimum Gasteiger partial charge on any atom is -0.399 e. The summed E-state index contributed by atoms with van der Waals surface area (Å²) in [6.45, 7) is 4.93. The smallest absolute Gasteiger partial charge is 0.399 e. The molecule has 196 valence electrons. The third-order valence-electron chi connectivity index (χ3n) is 6.47. The van der Waals surface area contributed by atoms with Gasteiger partial charge < -0.3 is 10.5 Å². The zero-order chi connectivity index (χ0) is 26.6. The summed E-state index contributed by atoms with van der Waals surface area (Å²) >= 11 is 2.62. The number of hydrogen-bond acceptors (Lipinski definition) is 8. The molecule has 0 fully saturated rings. The van der Waals surface area contributed by atoms with Crippen LogP contribution in [0.1, 0.15) is 42.9 Å². The average Bonchev–Trinajstić information content (AvgIpc) is 3.51. The molecule has 2 N–H and O–H groups in total. The van der Waals surface area contributed by atoms with Gasteiger partial charge in [0.1, 0.15) is 5.82 Å². The normalized spacial score (nSPS) is 12.2. The van der Waals surface area contributed by atoms with E-state index in [-0.39, 0.29) is 5.56 Å². The van der Waals surface area contributed by atoms with Crippen LogP contribution in [0.15, 0.2) is 65.5 Å². The van der Waals surface area contributed by atoms with E-state index in [1.165, 1.54) is 22.9 Å². The van der Waals surface area contributed by atoms with Crippen molar-refractivity contribution in [2.24, 2.45) is 5.73 Å². The molecule has 5 rings (SSSR count). The maximum absolute atomic E-state index is 13.8. The topological polar surface area (TPSA) is 103 Å². The van der Waals surface area contributed by atoms with Gasteiger partial charge in [0.15, 0.2) is 9.89 Å². The molecule has 38 heavy (non-hydrogen) atoms. The lowest BCUT2D eigenvalue weighted by Crippen LogP contribution is -2.41. The van der Waals surface area contributed by atoms with Crippen LogP contribution in [0.2, 0.25) is 0 Å². The van der Waals surface area contributed by atoms with Gasteiger partial charge in [-0.15, -0.1) is 0 Å². The summed E-state index contributed by atoms with van der Waals surface area (Å²) in [5.74, 6) is 0.516. The van der Waals surface area contributed by atoms with E-state index in [1.807, 2.05) is 74.5 Å². The van der Waals surface area contributed by atoms with E-state index in [0.717, 1.165) is 15.6 Å². The van der Waals surface area contributed by atoms with Crippen LogP contribution in [0.25, 0.3) is 20.3 Å². The third kappa shape index (κ3) is 5.20. The van der Waals surface area contributed by atoms with Crippen LogP contribution in [0.4, 0.5) is 4.79 Å². The molecule has 0 spiro atoms. The second kappa shape index (κ2) is 11.4. The molecule has 8 nitrogen and oxygen atoms in total. The molecule has 0 saturated carbocycles. The molecule has 10 heteroatoms. The molecule has 3 heterocycles. The molecule has 3 aromatic heterocycles. The number of carbonyl (C=O) groups excluding carboxylic acids is 1. The molecule has 5 aromatic rings. The first-order chi connectivity index (χ1) is 18.5. The number of nitrogens with zero attached hydrogens (tertiary/aromatic N) is 4. The van der Waals surface area contributed by atoms with Crippen LogP contribution in [-0.2, 0) is 6.54 Å². The number of rotatable bonds is 9. The van der Waals surface area contributed by atoms with E-state index in [4.69, 9.17) is 15.5 Å². The van der Waals surface area contributed by atoms with E-state index in [2.05, 4.69) is 4.37 Å². The Morgan fingerprint density at radius 3 is 2.66 bits per heavy atom. The number of ether oxygens (including phenoxy) is 1. The molecule has 1 amide bonds. The van der Waals surface area contributed by atoms with E-state index in [1.54, 1.807) is 9.47 Å². The molecule has 0 saturated heterocycles. The van der Waals surface area contributed by atoms with Gasteiger partial charge in [-0.2, -0.15) is 4.37 Å². The first-order valence-electron chi connectivity index (χ1n) is 12.6. The minimum atomic E-state index is -0.494. The van der Waals surface area contributed by atoms with Gasteiger partial charge in [0.25, 0.3) is 5.56 Å². The van der Waals surface area contributed by atoms with Crippen molar-refractivity contribution in [3.63, 3.8) is 0 Å². The highest BCUT2D eigenvalue weighted by Crippen LogP contribution is 2.33. The Morgan fingerprint density at radius 1 is 1.16 bits per heavy atom. The summed E-state index contributed by atoms with van der Waals surface area (Å²) < 4.78 is 13.0. The van der Waals surface area contributed by atoms with Gasteiger partial charge in [-0.1, -0.05) is 66.8 Å². The van der Waals surface area contributed by atoms with Crippen molar-refractivity contribution < 1.29 is 9.53 Å². The number of fused-ring (bicyclic) bond motifs is 2. The van der Waals surface area contributed by atoms with Crippen molar-refractivity contribution in [2.75, 3.05) is 13.1 Å². The quantitative estimate of drug-likeness (QED) is 0.253. The van der Waals surface area contributed by atoms with Crippen LogP contribution in [0, 0.1) is 6.92 Å². The van der Waals surface area contributed by atoms with Gasteiger partial charge in [0.05, 0.1) is 23.7 Å². The number of aromatic nitrogens is 3. The first-order valence-corrected chi connectivity index (χ1v) is 14.2. The monoisotopic (exact) mass is 547 g/mol. The molecule has 0 aliphatic rings. The van der Waals surface area contributed by atoms with Crippen LogP contribution >= 0.6 is 22.9 Å². The maximum atomic E-state index is 13.8. The van der Waals surface area contributed by atoms with Gasteiger partial charge in [-0.3, -0.25) is 14.3 Å². The Balaban J connectivity index is 1.57. The Labute approximate surface area is 228 Å². The lowest BCUT2D eigenvalue weighted by Gasteiger charge is -2.31. The summed E-state index contributed by atoms with van der Waals surface area (Å²) in [7, 11) is 0. The van der Waals surface area contributed by atoms with E-state index >= 15 is 0 Å². The molecular formula is C28H29N5O3S2. The standard InChI is InChI=1S/C28H29N5O3S2/c1-3-21(32(15-9-14-29)28(35)36-23-16-20-12-7-8-13-22(20)37-23)25-30-26-24(18(2)31-38-26)27(34)33(25)17-19-10-5-4-6-11-19/h4-8,10-13,16,21H,3,9,14-15,17,29H2,1-2H3. The molecule has 0 aliphatic heterocycles. The highest BCUT2D eigenvalue weighted by Gasteiger charge is 2.30. The fraction of sp³-hybridized carbons (Fsp3) is 0.286. The fourth-order valence-corrected chi connectivity index (χ4v) is 6.27. The van der Waals surface area contributed by atoms with Crippen molar-refractivity contribution in [1.29, 1.82) is 0 Å². The van der Waals surface area contributed by atoms with E-state index in [0.29, 0.717) is 59.3 Å². The predicted octanol–water partition coefficient (Wildman–Crippen LogP) is 5.73. The van der Waals surface area contributed by atoms with Gasteiger partial charge in [-0.05, 0) is 54.9 Å². The Kier molecular flexibility index (Phi) is 7.82. The number of amides is 1. The minimum absolute atomic E-state index is 0.157. The number of thiophene rings is 1. The summed E-state index contributed by atoms with van der Waals surface area (Å²) in [6, 6.07) is 19.0. The molecule has 0 aliphatic carbocycles. The fourth-order valence-electron chi connectivity index (χ4n) is 4.59. The predicted molar refractivity (Wildman–Crippen MR) is 153 cm³/mol. The average molecular weight is 548 g/mol. The maximum Gasteiger partial charge on any atom is 0.416 e. The highest BCUT2D eigenvalue weighted by molar-refractivity contribution is 7.20. The van der Waals surface area contributed by atoms with E-state index in [9.17, 15) is 9.59 Å². The SMILES string of the molecule is CCC(c1nc2snc(C)c2c(=O)n1Cc1ccccc1)N(CCCN)C(=O)Oc1cc2ccccc2s1. The number of hydrogen-bond donors (Lipinski definition) is 1. The van der Waals surface area contributed by atoms with E-state index < -0.39 is 12.1 Å². The zero-order valence-electron chi connectivity index (χ0n) is 21.3. The van der Waals surface area contributed by atoms with Crippen LogP contribution < -0.4 is 16.0 Å². The summed E-state index contributed by atoms with van der Waals surface area (Å²) in [5.41, 5.74) is 7.31. The Morgan fingerprint density at radius 2 is 1.92 bits per heavy atom. The van der Waals surface area contributed by atoms with Crippen molar-refractivity contribution in [1.82, 2.24) is 18.8 Å². The highest BCUT2D eigenvalue weighted by atomic mass is 32.1. The Hall–Kier alpha value is -3.60. The molecule has 1 unspecified atom stereocenters. The van der Waals surface area contributed by atoms with Crippen LogP contribution in [0.3, 0.4) is 0 Å². The second-order valence-electron chi connectivity index (χ2n) is 9.03. The molecule has 2 aromatic carbocycles. The van der Waals surface area contributed by atoms with Crippen molar-refractivity contribution in [3.05, 3.63) is 88.1 Å². The molecule has 0 bridgehead atoms. The summed E-state index contributed by atoms with van der Waals surface area (Å²) in [4.78, 5) is 34.6. The number of benzene rings is 2. The van der Waals surface area contributed by atoms with Crippen molar-refractivity contribution in [3.8, 4) is 5.06 Å². The largest absolute Gasteiger partial charge is 0.416 e. The van der Waals surface area contributed by atoms with Gasteiger partial charge in [-0.25, -0.2) is 9.78 Å². The molecule has 0 radical (unpaired) electrons.